The van der Waals surface area contributed by atoms with Gasteiger partial charge in [0, 0.05) is 19.8 Å². The molecule has 0 aromatic carbocycles. The van der Waals surface area contributed by atoms with Crippen LogP contribution < -0.4 is 5.32 Å². The van der Waals surface area contributed by atoms with Crippen molar-refractivity contribution < 1.29 is 9.84 Å². The van der Waals surface area contributed by atoms with E-state index in [4.69, 9.17) is 9.84 Å². The van der Waals surface area contributed by atoms with Crippen LogP contribution in [0.3, 0.4) is 0 Å². The van der Waals surface area contributed by atoms with Gasteiger partial charge in [-0.25, -0.2) is 0 Å². The van der Waals surface area contributed by atoms with E-state index in [1.807, 2.05) is 6.92 Å². The standard InChI is InChI=1S/C10H21NO2/c1-9(7-12)6-11-4-2-10-3-5-13-8-10/h9-12H,2-8H2,1H3. The number of rotatable bonds is 6. The molecule has 0 bridgehead atoms. The van der Waals surface area contributed by atoms with Crippen molar-refractivity contribution in [3.8, 4) is 0 Å². The number of hydrogen-bond acceptors (Lipinski definition) is 3. The molecule has 1 fully saturated rings. The van der Waals surface area contributed by atoms with E-state index in [-0.39, 0.29) is 6.61 Å². The summed E-state index contributed by atoms with van der Waals surface area (Å²) in [5.74, 6) is 1.14. The van der Waals surface area contributed by atoms with Crippen LogP contribution in [0, 0.1) is 11.8 Å². The molecule has 2 atom stereocenters. The maximum Gasteiger partial charge on any atom is 0.0495 e. The third-order valence-corrected chi connectivity index (χ3v) is 2.56. The predicted octanol–water partition coefficient (Wildman–Crippen LogP) is 0.631. The maximum absolute atomic E-state index is 8.79. The molecule has 2 N–H and O–H groups in total. The molecule has 78 valence electrons. The van der Waals surface area contributed by atoms with E-state index in [9.17, 15) is 0 Å². The van der Waals surface area contributed by atoms with Crippen molar-refractivity contribution in [2.45, 2.75) is 19.8 Å². The minimum absolute atomic E-state index is 0.277. The molecule has 0 amide bonds. The first-order chi connectivity index (χ1) is 6.33. The van der Waals surface area contributed by atoms with Gasteiger partial charge in [0.25, 0.3) is 0 Å². The molecule has 1 aliphatic heterocycles. The molecule has 1 saturated heterocycles. The lowest BCUT2D eigenvalue weighted by atomic mass is 10.1. The van der Waals surface area contributed by atoms with Crippen LogP contribution in [-0.4, -0.2) is 38.0 Å². The lowest BCUT2D eigenvalue weighted by Gasteiger charge is -2.11. The van der Waals surface area contributed by atoms with Crippen LogP contribution in [-0.2, 0) is 4.74 Å². The molecule has 1 aliphatic rings. The minimum Gasteiger partial charge on any atom is -0.396 e. The average molecular weight is 187 g/mol. The lowest BCUT2D eigenvalue weighted by molar-refractivity contribution is 0.183. The Labute approximate surface area is 80.5 Å². The Morgan fingerprint density at radius 1 is 1.62 bits per heavy atom. The highest BCUT2D eigenvalue weighted by atomic mass is 16.5. The van der Waals surface area contributed by atoms with Gasteiger partial charge in [-0.2, -0.15) is 0 Å². The molecule has 2 unspecified atom stereocenters. The Hall–Kier alpha value is -0.120. The van der Waals surface area contributed by atoms with Crippen LogP contribution in [0.4, 0.5) is 0 Å². The normalized spacial score (nSPS) is 24.9. The molecule has 3 nitrogen and oxygen atoms in total. The fourth-order valence-electron chi connectivity index (χ4n) is 1.53. The average Bonchev–Trinajstić information content (AvgIpc) is 2.64. The van der Waals surface area contributed by atoms with Gasteiger partial charge in [-0.05, 0) is 37.8 Å². The first-order valence-electron chi connectivity index (χ1n) is 5.22. The van der Waals surface area contributed by atoms with E-state index in [1.165, 1.54) is 12.8 Å². The number of aliphatic hydroxyl groups is 1. The summed E-state index contributed by atoms with van der Waals surface area (Å²) in [5, 5.41) is 12.1. The molecular weight excluding hydrogens is 166 g/mol. The zero-order valence-corrected chi connectivity index (χ0v) is 8.46. The van der Waals surface area contributed by atoms with Crippen molar-refractivity contribution in [3.63, 3.8) is 0 Å². The Bertz CT molecular complexity index is 124. The number of ether oxygens (including phenoxy) is 1. The van der Waals surface area contributed by atoms with Gasteiger partial charge in [0.05, 0.1) is 0 Å². The zero-order valence-electron chi connectivity index (χ0n) is 8.46. The number of aliphatic hydroxyl groups excluding tert-OH is 1. The van der Waals surface area contributed by atoms with Gasteiger partial charge < -0.3 is 15.2 Å². The summed E-state index contributed by atoms with van der Waals surface area (Å²) in [7, 11) is 0. The number of nitrogens with one attached hydrogen (secondary N) is 1. The largest absolute Gasteiger partial charge is 0.396 e. The van der Waals surface area contributed by atoms with Gasteiger partial charge in [-0.15, -0.1) is 0 Å². The summed E-state index contributed by atoms with van der Waals surface area (Å²) in [4.78, 5) is 0. The highest BCUT2D eigenvalue weighted by molar-refractivity contribution is 4.65. The molecule has 0 aromatic heterocycles. The molecular formula is C10H21NO2. The molecule has 3 heteroatoms. The van der Waals surface area contributed by atoms with Gasteiger partial charge >= 0.3 is 0 Å². The van der Waals surface area contributed by atoms with Crippen molar-refractivity contribution in [2.75, 3.05) is 32.9 Å². The molecule has 0 aromatic rings. The third-order valence-electron chi connectivity index (χ3n) is 2.56. The van der Waals surface area contributed by atoms with Crippen LogP contribution in [0.2, 0.25) is 0 Å². The highest BCUT2D eigenvalue weighted by Crippen LogP contribution is 2.15. The van der Waals surface area contributed by atoms with Crippen molar-refractivity contribution >= 4 is 0 Å². The Morgan fingerprint density at radius 3 is 3.08 bits per heavy atom. The van der Waals surface area contributed by atoms with E-state index in [0.717, 1.165) is 32.2 Å². The Morgan fingerprint density at radius 2 is 2.46 bits per heavy atom. The van der Waals surface area contributed by atoms with E-state index in [1.54, 1.807) is 0 Å². The third kappa shape index (κ3) is 4.60. The van der Waals surface area contributed by atoms with E-state index < -0.39 is 0 Å². The molecule has 13 heavy (non-hydrogen) atoms. The summed E-state index contributed by atoms with van der Waals surface area (Å²) in [5.41, 5.74) is 0. The zero-order chi connectivity index (χ0) is 9.52. The first kappa shape index (κ1) is 11.0. The van der Waals surface area contributed by atoms with Crippen molar-refractivity contribution in [3.05, 3.63) is 0 Å². The second-order valence-electron chi connectivity index (χ2n) is 4.01. The smallest absolute Gasteiger partial charge is 0.0495 e. The molecule has 0 radical (unpaired) electrons. The minimum atomic E-state index is 0.277. The van der Waals surface area contributed by atoms with Crippen LogP contribution in [0.1, 0.15) is 19.8 Å². The summed E-state index contributed by atoms with van der Waals surface area (Å²) >= 11 is 0. The summed E-state index contributed by atoms with van der Waals surface area (Å²) in [6, 6.07) is 0. The van der Waals surface area contributed by atoms with Crippen LogP contribution in [0.5, 0.6) is 0 Å². The van der Waals surface area contributed by atoms with Crippen LogP contribution >= 0.6 is 0 Å². The number of hydrogen-bond donors (Lipinski definition) is 2. The summed E-state index contributed by atoms with van der Waals surface area (Å²) < 4.78 is 5.29. The van der Waals surface area contributed by atoms with E-state index in [0.29, 0.717) is 5.92 Å². The fraction of sp³-hybridized carbons (Fsp3) is 1.00. The van der Waals surface area contributed by atoms with Crippen molar-refractivity contribution in [2.24, 2.45) is 11.8 Å². The van der Waals surface area contributed by atoms with Crippen molar-refractivity contribution in [1.29, 1.82) is 0 Å². The summed E-state index contributed by atoms with van der Waals surface area (Å²) in [6.07, 6.45) is 2.43. The Kier molecular flexibility index (Phi) is 5.35. The van der Waals surface area contributed by atoms with Gasteiger partial charge in [0.1, 0.15) is 0 Å². The molecule has 1 rings (SSSR count). The fourth-order valence-corrected chi connectivity index (χ4v) is 1.53. The van der Waals surface area contributed by atoms with Gasteiger partial charge in [0.2, 0.25) is 0 Å². The maximum atomic E-state index is 8.79. The van der Waals surface area contributed by atoms with Crippen LogP contribution in [0.25, 0.3) is 0 Å². The molecule has 1 heterocycles. The van der Waals surface area contributed by atoms with Gasteiger partial charge in [-0.3, -0.25) is 0 Å². The summed E-state index contributed by atoms with van der Waals surface area (Å²) in [6.45, 7) is 6.18. The SMILES string of the molecule is CC(CO)CNCCC1CCOC1. The quantitative estimate of drug-likeness (QED) is 0.599. The van der Waals surface area contributed by atoms with Crippen LogP contribution in [0.15, 0.2) is 0 Å². The second-order valence-corrected chi connectivity index (χ2v) is 4.01. The first-order valence-corrected chi connectivity index (χ1v) is 5.22. The predicted molar refractivity (Wildman–Crippen MR) is 52.7 cm³/mol. The second kappa shape index (κ2) is 6.35. The van der Waals surface area contributed by atoms with E-state index >= 15 is 0 Å². The van der Waals surface area contributed by atoms with Gasteiger partial charge in [-0.1, -0.05) is 6.92 Å². The monoisotopic (exact) mass is 187 g/mol. The molecule has 0 aliphatic carbocycles. The lowest BCUT2D eigenvalue weighted by Crippen LogP contribution is -2.25. The molecule has 0 saturated carbocycles. The highest BCUT2D eigenvalue weighted by Gasteiger charge is 2.14. The molecule has 0 spiro atoms. The topological polar surface area (TPSA) is 41.5 Å². The van der Waals surface area contributed by atoms with E-state index in [2.05, 4.69) is 5.32 Å². The Balaban J connectivity index is 1.88. The van der Waals surface area contributed by atoms with Gasteiger partial charge in [0.15, 0.2) is 0 Å². The van der Waals surface area contributed by atoms with Crippen molar-refractivity contribution in [1.82, 2.24) is 5.32 Å².